The number of hydrogen-bond donors (Lipinski definition) is 2. The molecule has 1 aromatic carbocycles. The Morgan fingerprint density at radius 3 is 2.48 bits per heavy atom. The molecule has 0 amide bonds. The number of aryl methyl sites for hydroxylation is 2. The Bertz CT molecular complexity index is 923. The smallest absolute Gasteiger partial charge is 0.326 e. The van der Waals surface area contributed by atoms with Crippen LogP contribution in [0.2, 0.25) is 0 Å². The van der Waals surface area contributed by atoms with Crippen LogP contribution in [0.25, 0.3) is 0 Å². The van der Waals surface area contributed by atoms with Crippen molar-refractivity contribution in [2.24, 2.45) is 7.05 Å². The van der Waals surface area contributed by atoms with Gasteiger partial charge in [0.2, 0.25) is 10.0 Å². The number of nitrogens with zero attached hydrogens (tertiary/aromatic N) is 2. The molecule has 2 aromatic rings. The molecule has 1 aromatic heterocycles. The largest absolute Gasteiger partial charge is 0.494 e. The first-order chi connectivity index (χ1) is 11.6. The maximum atomic E-state index is 13.8. The molecule has 0 aliphatic carbocycles. The molecule has 1 atom stereocenters. The number of hydrogen-bond acceptors (Lipinski definition) is 5. The summed E-state index contributed by atoms with van der Waals surface area (Å²) in [5.74, 6) is -2.38. The number of sulfonamides is 1. The molecule has 25 heavy (non-hydrogen) atoms. The summed E-state index contributed by atoms with van der Waals surface area (Å²) in [5, 5.41) is 13.6. The summed E-state index contributed by atoms with van der Waals surface area (Å²) in [5.41, 5.74) is 1.14. The Morgan fingerprint density at radius 1 is 1.40 bits per heavy atom. The Labute approximate surface area is 144 Å². The van der Waals surface area contributed by atoms with Gasteiger partial charge in [0.05, 0.1) is 17.7 Å². The molecule has 0 aliphatic heterocycles. The fraction of sp³-hybridized carbons (Fsp3) is 0.333. The highest BCUT2D eigenvalue weighted by Crippen LogP contribution is 2.25. The lowest BCUT2D eigenvalue weighted by Crippen LogP contribution is -2.34. The summed E-state index contributed by atoms with van der Waals surface area (Å²) < 4.78 is 47.1. The highest BCUT2D eigenvalue weighted by atomic mass is 32.2. The summed E-state index contributed by atoms with van der Waals surface area (Å²) in [6.07, 6.45) is 0. The van der Waals surface area contributed by atoms with E-state index in [2.05, 4.69) is 9.82 Å². The molecule has 0 saturated heterocycles. The van der Waals surface area contributed by atoms with Crippen molar-refractivity contribution in [1.29, 1.82) is 0 Å². The minimum atomic E-state index is -4.29. The van der Waals surface area contributed by atoms with E-state index in [1.165, 1.54) is 11.8 Å². The van der Waals surface area contributed by atoms with Gasteiger partial charge in [0, 0.05) is 18.3 Å². The Hall–Kier alpha value is -2.46. The molecule has 0 bridgehead atoms. The third-order valence-corrected chi connectivity index (χ3v) is 5.23. The minimum Gasteiger partial charge on any atom is -0.494 e. The Morgan fingerprint density at radius 2 is 2.04 bits per heavy atom. The molecular formula is C15H18FN3O5S. The van der Waals surface area contributed by atoms with E-state index in [0.29, 0.717) is 11.4 Å². The van der Waals surface area contributed by atoms with E-state index in [-0.39, 0.29) is 11.3 Å². The van der Waals surface area contributed by atoms with Crippen LogP contribution in [0.1, 0.15) is 23.0 Å². The predicted octanol–water partition coefficient (Wildman–Crippen LogP) is 1.29. The van der Waals surface area contributed by atoms with E-state index >= 15 is 0 Å². The molecule has 1 heterocycles. The monoisotopic (exact) mass is 371 g/mol. The number of carbonyl (C=O) groups is 1. The fourth-order valence-corrected chi connectivity index (χ4v) is 3.65. The van der Waals surface area contributed by atoms with Gasteiger partial charge in [-0.2, -0.15) is 9.82 Å². The topological polar surface area (TPSA) is 111 Å². The van der Waals surface area contributed by atoms with E-state index in [9.17, 15) is 22.7 Å². The van der Waals surface area contributed by atoms with Gasteiger partial charge in [-0.3, -0.25) is 9.48 Å². The van der Waals surface area contributed by atoms with Crippen molar-refractivity contribution >= 4 is 16.0 Å². The molecular weight excluding hydrogens is 353 g/mol. The van der Waals surface area contributed by atoms with Gasteiger partial charge in [-0.15, -0.1) is 0 Å². The van der Waals surface area contributed by atoms with Crippen LogP contribution in [-0.4, -0.2) is 36.4 Å². The van der Waals surface area contributed by atoms with Crippen molar-refractivity contribution in [2.45, 2.75) is 24.8 Å². The zero-order chi connectivity index (χ0) is 18.9. The second kappa shape index (κ2) is 6.81. The van der Waals surface area contributed by atoms with Crippen molar-refractivity contribution < 1.29 is 27.4 Å². The third kappa shape index (κ3) is 3.64. The molecule has 136 valence electrons. The number of aromatic nitrogens is 2. The lowest BCUT2D eigenvalue weighted by Gasteiger charge is -2.16. The Balaban J connectivity index is 2.45. The summed E-state index contributed by atoms with van der Waals surface area (Å²) in [6, 6.07) is 1.50. The molecule has 10 heteroatoms. The number of carboxylic acid groups (broad SMARTS) is 1. The number of aliphatic carboxylic acids is 1. The maximum absolute atomic E-state index is 13.8. The summed E-state index contributed by atoms with van der Waals surface area (Å²) in [6.45, 7) is 3.21. The number of ether oxygens (including phenoxy) is 1. The molecule has 2 rings (SSSR count). The third-order valence-electron chi connectivity index (χ3n) is 3.81. The van der Waals surface area contributed by atoms with E-state index in [4.69, 9.17) is 4.74 Å². The molecule has 8 nitrogen and oxygen atoms in total. The quantitative estimate of drug-likeness (QED) is 0.792. The van der Waals surface area contributed by atoms with Crippen molar-refractivity contribution in [3.8, 4) is 5.75 Å². The number of benzene rings is 1. The zero-order valence-corrected chi connectivity index (χ0v) is 14.9. The van der Waals surface area contributed by atoms with Crippen molar-refractivity contribution in [3.63, 3.8) is 0 Å². The fourth-order valence-electron chi connectivity index (χ4n) is 2.48. The van der Waals surface area contributed by atoms with Crippen LogP contribution in [0, 0.1) is 19.7 Å². The normalized spacial score (nSPS) is 12.8. The molecule has 0 spiro atoms. The van der Waals surface area contributed by atoms with Gasteiger partial charge < -0.3 is 9.84 Å². The molecule has 0 radical (unpaired) electrons. The lowest BCUT2D eigenvalue weighted by molar-refractivity contribution is -0.139. The SMILES string of the molecule is COc1ccc(S(=O)(=O)NC(C(=O)O)c2c(C)nn(C)c2C)cc1F. The molecule has 0 fully saturated rings. The predicted molar refractivity (Wildman–Crippen MR) is 86.3 cm³/mol. The van der Waals surface area contributed by atoms with Gasteiger partial charge in [0.15, 0.2) is 11.6 Å². The second-order valence-corrected chi connectivity index (χ2v) is 7.11. The number of methoxy groups -OCH3 is 1. The van der Waals surface area contributed by atoms with E-state index < -0.39 is 32.7 Å². The van der Waals surface area contributed by atoms with E-state index in [0.717, 1.165) is 18.2 Å². The van der Waals surface area contributed by atoms with Crippen molar-refractivity contribution in [3.05, 3.63) is 41.0 Å². The van der Waals surface area contributed by atoms with Crippen LogP contribution in [0.4, 0.5) is 4.39 Å². The lowest BCUT2D eigenvalue weighted by atomic mass is 10.1. The van der Waals surface area contributed by atoms with Crippen LogP contribution in [-0.2, 0) is 21.9 Å². The van der Waals surface area contributed by atoms with Gasteiger partial charge in [0.1, 0.15) is 6.04 Å². The van der Waals surface area contributed by atoms with E-state index in [1.807, 2.05) is 0 Å². The van der Waals surface area contributed by atoms with Gasteiger partial charge in [-0.05, 0) is 32.0 Å². The van der Waals surface area contributed by atoms with Gasteiger partial charge in [0.25, 0.3) is 0 Å². The Kier molecular flexibility index (Phi) is 5.14. The van der Waals surface area contributed by atoms with Crippen LogP contribution >= 0.6 is 0 Å². The number of carboxylic acids is 1. The molecule has 2 N–H and O–H groups in total. The summed E-state index contributed by atoms with van der Waals surface area (Å²) >= 11 is 0. The van der Waals surface area contributed by atoms with Crippen LogP contribution in [0.3, 0.4) is 0 Å². The van der Waals surface area contributed by atoms with Crippen LogP contribution in [0.15, 0.2) is 23.1 Å². The minimum absolute atomic E-state index is 0.118. The van der Waals surface area contributed by atoms with Gasteiger partial charge >= 0.3 is 5.97 Å². The van der Waals surface area contributed by atoms with Crippen molar-refractivity contribution in [2.75, 3.05) is 7.11 Å². The zero-order valence-electron chi connectivity index (χ0n) is 14.1. The summed E-state index contributed by atoms with van der Waals surface area (Å²) in [4.78, 5) is 11.2. The molecule has 1 unspecified atom stereocenters. The summed E-state index contributed by atoms with van der Waals surface area (Å²) in [7, 11) is -1.42. The number of halogens is 1. The second-order valence-electron chi connectivity index (χ2n) is 5.40. The first-order valence-corrected chi connectivity index (χ1v) is 8.65. The van der Waals surface area contributed by atoms with Crippen LogP contribution < -0.4 is 9.46 Å². The average Bonchev–Trinajstić information content (AvgIpc) is 2.77. The highest BCUT2D eigenvalue weighted by Gasteiger charge is 2.31. The number of rotatable bonds is 6. The van der Waals surface area contributed by atoms with Gasteiger partial charge in [-0.1, -0.05) is 0 Å². The first-order valence-electron chi connectivity index (χ1n) is 7.17. The standard InChI is InChI=1S/C15H18FN3O5S/c1-8-13(9(2)19(3)17-8)14(15(20)21)18-25(22,23)10-5-6-12(24-4)11(16)7-10/h5-7,14,18H,1-4H3,(H,20,21). The molecule has 0 aliphatic rings. The molecule has 0 saturated carbocycles. The van der Waals surface area contributed by atoms with Crippen molar-refractivity contribution in [1.82, 2.24) is 14.5 Å². The first kappa shape index (κ1) is 18.9. The highest BCUT2D eigenvalue weighted by molar-refractivity contribution is 7.89. The average molecular weight is 371 g/mol. The van der Waals surface area contributed by atoms with E-state index in [1.54, 1.807) is 20.9 Å². The maximum Gasteiger partial charge on any atom is 0.326 e. The van der Waals surface area contributed by atoms with Gasteiger partial charge in [-0.25, -0.2) is 12.8 Å². The number of nitrogens with one attached hydrogen (secondary N) is 1. The van der Waals surface area contributed by atoms with Crippen LogP contribution in [0.5, 0.6) is 5.75 Å².